The predicted octanol–water partition coefficient (Wildman–Crippen LogP) is 7.97. The molecule has 1 saturated heterocycles. The number of benzene rings is 4. The van der Waals surface area contributed by atoms with Crippen LogP contribution in [0.4, 0.5) is 4.79 Å². The Morgan fingerprint density at radius 3 is 1.98 bits per heavy atom. The van der Waals surface area contributed by atoms with Crippen LogP contribution in [0, 0.1) is 0 Å². The van der Waals surface area contributed by atoms with E-state index in [0.29, 0.717) is 0 Å². The van der Waals surface area contributed by atoms with Crippen molar-refractivity contribution < 1.29 is 18.8 Å². The summed E-state index contributed by atoms with van der Waals surface area (Å²) in [4.78, 5) is 13.8. The van der Waals surface area contributed by atoms with Crippen molar-refractivity contribution in [3.05, 3.63) is 84.9 Å². The smallest absolute Gasteiger partial charge is 0.443 e. The highest BCUT2D eigenvalue weighted by atomic mass is 16.7. The first-order chi connectivity index (χ1) is 19.8. The molecule has 7 rings (SSSR count). The van der Waals surface area contributed by atoms with Crippen LogP contribution in [0.5, 0.6) is 0 Å². The monoisotopic (exact) mass is 558 g/mol. The zero-order valence-corrected chi connectivity index (χ0v) is 25.2. The summed E-state index contributed by atoms with van der Waals surface area (Å²) in [5, 5.41) is 4.09. The average molecular weight is 558 g/mol. The number of carbonyl (C=O) groups excluding carboxylic acids is 1. The van der Waals surface area contributed by atoms with Gasteiger partial charge in [-0.2, -0.15) is 0 Å². The van der Waals surface area contributed by atoms with Gasteiger partial charge in [0.05, 0.1) is 33.3 Å². The first-order valence-electron chi connectivity index (χ1n) is 14.5. The third-order valence-corrected chi connectivity index (χ3v) is 8.70. The lowest BCUT2D eigenvalue weighted by Gasteiger charge is -2.32. The summed E-state index contributed by atoms with van der Waals surface area (Å²) in [6, 6.07) is 29.2. The molecule has 0 spiro atoms. The van der Waals surface area contributed by atoms with E-state index >= 15 is 0 Å². The van der Waals surface area contributed by atoms with Crippen molar-refractivity contribution in [1.82, 2.24) is 9.13 Å². The van der Waals surface area contributed by atoms with Crippen molar-refractivity contribution in [2.75, 3.05) is 0 Å². The molecule has 4 aromatic carbocycles. The van der Waals surface area contributed by atoms with Crippen LogP contribution in [0.15, 0.2) is 84.9 Å². The highest BCUT2D eigenvalue weighted by molar-refractivity contribution is 6.62. The molecule has 0 saturated carbocycles. The minimum atomic E-state index is -0.643. The van der Waals surface area contributed by atoms with Gasteiger partial charge in [-0.3, -0.25) is 0 Å². The summed E-state index contributed by atoms with van der Waals surface area (Å²) in [5.41, 5.74) is 4.19. The van der Waals surface area contributed by atoms with Crippen molar-refractivity contribution in [3.8, 4) is 5.69 Å². The number of hydrogen-bond donors (Lipinski definition) is 0. The highest BCUT2D eigenvalue weighted by Gasteiger charge is 2.51. The second-order valence-electron chi connectivity index (χ2n) is 13.3. The van der Waals surface area contributed by atoms with E-state index < -0.39 is 30.0 Å². The maximum absolute atomic E-state index is 13.8. The minimum absolute atomic E-state index is 0.406. The van der Waals surface area contributed by atoms with Gasteiger partial charge in [0, 0.05) is 27.2 Å². The molecule has 0 unspecified atom stereocenters. The number of hydrogen-bond acceptors (Lipinski definition) is 4. The number of ether oxygens (including phenoxy) is 1. The lowest BCUT2D eigenvalue weighted by molar-refractivity contribution is 0.00578. The molecule has 7 heteroatoms. The van der Waals surface area contributed by atoms with E-state index in [1.165, 1.54) is 0 Å². The molecule has 0 aliphatic carbocycles. The Bertz CT molecular complexity index is 2010. The summed E-state index contributed by atoms with van der Waals surface area (Å²) in [6.07, 6.45) is -0.406. The van der Waals surface area contributed by atoms with Gasteiger partial charge in [0.2, 0.25) is 0 Å². The third-order valence-electron chi connectivity index (χ3n) is 8.70. The van der Waals surface area contributed by atoms with Crippen LogP contribution in [0.1, 0.15) is 48.5 Å². The van der Waals surface area contributed by atoms with Crippen LogP contribution in [0.3, 0.4) is 0 Å². The summed E-state index contributed by atoms with van der Waals surface area (Å²) in [5.74, 6) is 0. The second-order valence-corrected chi connectivity index (χ2v) is 13.3. The van der Waals surface area contributed by atoms with Gasteiger partial charge < -0.3 is 18.6 Å². The molecule has 0 atom stereocenters. The van der Waals surface area contributed by atoms with E-state index in [1.54, 1.807) is 4.57 Å². The SMILES string of the molecule is CC(C)(C)OC(=O)n1c2ccc(B3OC(C)(C)C(C)(C)O3)cc2c2cc3c(cc21)c1ccccc1n3-c1ccccc1. The Balaban J connectivity index is 1.54. The zero-order chi connectivity index (χ0) is 29.6. The van der Waals surface area contributed by atoms with E-state index in [0.717, 1.165) is 54.8 Å². The lowest BCUT2D eigenvalue weighted by Crippen LogP contribution is -2.41. The van der Waals surface area contributed by atoms with Crippen LogP contribution < -0.4 is 5.46 Å². The standard InChI is InChI=1S/C35H35BN2O4/c1-33(2,3)40-32(39)38-29-18-17-22(36-41-34(4,5)35(6,7)42-36)19-25(29)27-21-30-26(20-31(27)38)24-15-11-12-16-28(24)37(30)23-13-9-8-10-14-23/h8-21H,1-7H3. The molecule has 6 aromatic rings. The van der Waals surface area contributed by atoms with Gasteiger partial charge in [0.25, 0.3) is 0 Å². The fraction of sp³-hybridized carbons (Fsp3) is 0.286. The minimum Gasteiger partial charge on any atom is -0.443 e. The van der Waals surface area contributed by atoms with Crippen molar-refractivity contribution in [2.45, 2.75) is 65.3 Å². The van der Waals surface area contributed by atoms with Crippen molar-refractivity contribution >= 4 is 62.3 Å². The highest BCUT2D eigenvalue weighted by Crippen LogP contribution is 2.40. The van der Waals surface area contributed by atoms with Gasteiger partial charge >= 0.3 is 13.2 Å². The fourth-order valence-electron chi connectivity index (χ4n) is 5.98. The van der Waals surface area contributed by atoms with Crippen molar-refractivity contribution in [1.29, 1.82) is 0 Å². The normalized spacial score (nSPS) is 16.7. The molecular formula is C35H35BN2O4. The van der Waals surface area contributed by atoms with Crippen molar-refractivity contribution in [3.63, 3.8) is 0 Å². The van der Waals surface area contributed by atoms with Crippen LogP contribution in [0.25, 0.3) is 49.3 Å². The number of carbonyl (C=O) groups is 1. The van der Waals surface area contributed by atoms with E-state index in [9.17, 15) is 4.79 Å². The first-order valence-corrected chi connectivity index (χ1v) is 14.5. The van der Waals surface area contributed by atoms with Gasteiger partial charge in [0.15, 0.2) is 0 Å². The summed E-state index contributed by atoms with van der Waals surface area (Å²) in [6.45, 7) is 13.9. The second kappa shape index (κ2) is 8.97. The first kappa shape index (κ1) is 26.8. The maximum atomic E-state index is 13.8. The number of nitrogens with zero attached hydrogens (tertiary/aromatic N) is 2. The van der Waals surface area contributed by atoms with E-state index in [4.69, 9.17) is 14.0 Å². The maximum Gasteiger partial charge on any atom is 0.494 e. The van der Waals surface area contributed by atoms with Gasteiger partial charge in [-0.15, -0.1) is 0 Å². The molecule has 0 N–H and O–H groups in total. The summed E-state index contributed by atoms with van der Waals surface area (Å²) >= 11 is 0. The Kier molecular flexibility index (Phi) is 5.72. The topological polar surface area (TPSA) is 54.6 Å². The molecule has 1 fully saturated rings. The van der Waals surface area contributed by atoms with E-state index in [2.05, 4.69) is 99.0 Å². The molecule has 42 heavy (non-hydrogen) atoms. The molecular weight excluding hydrogens is 523 g/mol. The average Bonchev–Trinajstić information content (AvgIpc) is 3.50. The molecule has 0 amide bonds. The quantitative estimate of drug-likeness (QED) is 0.202. The molecule has 0 bridgehead atoms. The van der Waals surface area contributed by atoms with Gasteiger partial charge in [-0.1, -0.05) is 48.5 Å². The molecule has 3 heterocycles. The van der Waals surface area contributed by atoms with E-state index in [-0.39, 0.29) is 0 Å². The van der Waals surface area contributed by atoms with Gasteiger partial charge in [0.1, 0.15) is 5.60 Å². The van der Waals surface area contributed by atoms with Crippen LogP contribution in [-0.4, -0.2) is 39.1 Å². The number of aromatic nitrogens is 2. The van der Waals surface area contributed by atoms with Gasteiger partial charge in [-0.05, 0) is 90.3 Å². The van der Waals surface area contributed by atoms with E-state index in [1.807, 2.05) is 39.0 Å². The summed E-state index contributed by atoms with van der Waals surface area (Å²) < 4.78 is 22.7. The molecule has 212 valence electrons. The molecule has 0 radical (unpaired) electrons. The zero-order valence-electron chi connectivity index (χ0n) is 25.2. The number of para-hydroxylation sites is 2. The Hall–Kier alpha value is -4.07. The lowest BCUT2D eigenvalue weighted by atomic mass is 9.78. The molecule has 1 aliphatic heterocycles. The molecule has 2 aromatic heterocycles. The fourth-order valence-corrected chi connectivity index (χ4v) is 5.98. The molecule has 6 nitrogen and oxygen atoms in total. The molecule has 1 aliphatic rings. The Morgan fingerprint density at radius 2 is 1.29 bits per heavy atom. The Morgan fingerprint density at radius 1 is 0.690 bits per heavy atom. The predicted molar refractivity (Wildman–Crippen MR) is 171 cm³/mol. The van der Waals surface area contributed by atoms with Crippen LogP contribution >= 0.6 is 0 Å². The number of rotatable bonds is 2. The van der Waals surface area contributed by atoms with Crippen molar-refractivity contribution in [2.24, 2.45) is 0 Å². The Labute approximate surface area is 245 Å². The van der Waals surface area contributed by atoms with Crippen LogP contribution in [0.2, 0.25) is 0 Å². The van der Waals surface area contributed by atoms with Crippen LogP contribution in [-0.2, 0) is 14.0 Å². The third kappa shape index (κ3) is 4.06. The summed E-state index contributed by atoms with van der Waals surface area (Å²) in [7, 11) is -0.515. The largest absolute Gasteiger partial charge is 0.494 e. The number of fused-ring (bicyclic) bond motifs is 6. The van der Waals surface area contributed by atoms with Gasteiger partial charge in [-0.25, -0.2) is 9.36 Å².